The van der Waals surface area contributed by atoms with E-state index in [4.69, 9.17) is 9.63 Å². The van der Waals surface area contributed by atoms with Gasteiger partial charge >= 0.3 is 6.03 Å². The highest BCUT2D eigenvalue weighted by Crippen LogP contribution is 2.06. The number of aliphatic hydroxyl groups is 1. The molecule has 1 heterocycles. The number of amides is 2. The molecular weight excluding hydrogens is 210 g/mol. The minimum Gasteiger partial charge on any atom is -0.396 e. The van der Waals surface area contributed by atoms with Crippen molar-refractivity contribution in [2.75, 3.05) is 11.9 Å². The fraction of sp³-hybridized carbons (Fsp3) is 0.600. The van der Waals surface area contributed by atoms with Crippen molar-refractivity contribution in [2.24, 2.45) is 0 Å². The van der Waals surface area contributed by atoms with Gasteiger partial charge in [0.1, 0.15) is 5.76 Å². The second-order valence-electron chi connectivity index (χ2n) is 3.54. The molecule has 0 bridgehead atoms. The number of anilines is 1. The van der Waals surface area contributed by atoms with Crippen molar-refractivity contribution in [3.8, 4) is 0 Å². The Hall–Kier alpha value is -1.56. The topological polar surface area (TPSA) is 87.4 Å². The fourth-order valence-corrected chi connectivity index (χ4v) is 1.30. The molecule has 3 N–H and O–H groups in total. The van der Waals surface area contributed by atoms with E-state index in [1.54, 1.807) is 13.0 Å². The molecule has 0 saturated heterocycles. The number of carbonyl (C=O) groups is 1. The normalized spacial score (nSPS) is 12.2. The summed E-state index contributed by atoms with van der Waals surface area (Å²) >= 11 is 0. The second-order valence-corrected chi connectivity index (χ2v) is 3.54. The largest absolute Gasteiger partial charge is 0.396 e. The highest BCUT2D eigenvalue weighted by Gasteiger charge is 2.11. The Balaban J connectivity index is 2.40. The second kappa shape index (κ2) is 6.12. The zero-order chi connectivity index (χ0) is 12.0. The van der Waals surface area contributed by atoms with Crippen molar-refractivity contribution in [3.63, 3.8) is 0 Å². The molecule has 0 aliphatic rings. The number of hydrogen-bond acceptors (Lipinski definition) is 4. The van der Waals surface area contributed by atoms with E-state index in [0.29, 0.717) is 18.0 Å². The molecule has 6 heteroatoms. The van der Waals surface area contributed by atoms with Crippen LogP contribution in [0.4, 0.5) is 10.6 Å². The van der Waals surface area contributed by atoms with Crippen molar-refractivity contribution in [2.45, 2.75) is 32.7 Å². The van der Waals surface area contributed by atoms with Crippen LogP contribution in [0.2, 0.25) is 0 Å². The smallest absolute Gasteiger partial charge is 0.320 e. The van der Waals surface area contributed by atoms with Crippen LogP contribution in [-0.2, 0) is 0 Å². The molecule has 0 aliphatic heterocycles. The molecule has 16 heavy (non-hydrogen) atoms. The van der Waals surface area contributed by atoms with Crippen LogP contribution < -0.4 is 10.6 Å². The number of rotatable bonds is 5. The summed E-state index contributed by atoms with van der Waals surface area (Å²) in [6.07, 6.45) is 1.31. The summed E-state index contributed by atoms with van der Waals surface area (Å²) in [5.74, 6) is 1.02. The maximum Gasteiger partial charge on any atom is 0.320 e. The zero-order valence-electron chi connectivity index (χ0n) is 9.49. The molecule has 0 radical (unpaired) electrons. The summed E-state index contributed by atoms with van der Waals surface area (Å²) in [6, 6.07) is 1.26. The molecule has 0 spiro atoms. The van der Waals surface area contributed by atoms with Gasteiger partial charge in [0.2, 0.25) is 0 Å². The Morgan fingerprint density at radius 1 is 1.69 bits per heavy atom. The van der Waals surface area contributed by atoms with E-state index in [1.165, 1.54) is 0 Å². The molecule has 6 nitrogen and oxygen atoms in total. The first-order valence-corrected chi connectivity index (χ1v) is 5.27. The van der Waals surface area contributed by atoms with Gasteiger partial charge in [0.25, 0.3) is 0 Å². The first kappa shape index (κ1) is 12.5. The standard InChI is InChI=1S/C10H17N3O3/c1-3-8(4-5-14)11-10(15)12-9-6-7(2)16-13-9/h6,8,14H,3-5H2,1-2H3,(H2,11,12,13,15). The third-order valence-corrected chi connectivity index (χ3v) is 2.18. The molecule has 0 aliphatic carbocycles. The molecule has 0 fully saturated rings. The molecular formula is C10H17N3O3. The number of carbonyl (C=O) groups excluding carboxylic acids is 1. The van der Waals surface area contributed by atoms with E-state index in [2.05, 4.69) is 15.8 Å². The van der Waals surface area contributed by atoms with Crippen molar-refractivity contribution in [1.82, 2.24) is 10.5 Å². The summed E-state index contributed by atoms with van der Waals surface area (Å²) < 4.78 is 4.81. The molecule has 1 aromatic heterocycles. The third-order valence-electron chi connectivity index (χ3n) is 2.18. The lowest BCUT2D eigenvalue weighted by atomic mass is 10.2. The van der Waals surface area contributed by atoms with Crippen LogP contribution in [0.1, 0.15) is 25.5 Å². The Morgan fingerprint density at radius 2 is 2.44 bits per heavy atom. The third kappa shape index (κ3) is 3.90. The Bertz CT molecular complexity index is 338. The zero-order valence-corrected chi connectivity index (χ0v) is 9.49. The SMILES string of the molecule is CCC(CCO)NC(=O)Nc1cc(C)on1. The summed E-state index contributed by atoms with van der Waals surface area (Å²) in [5.41, 5.74) is 0. The van der Waals surface area contributed by atoms with Crippen molar-refractivity contribution in [3.05, 3.63) is 11.8 Å². The number of nitrogens with one attached hydrogen (secondary N) is 2. The summed E-state index contributed by atoms with van der Waals surface area (Å²) in [4.78, 5) is 11.5. The molecule has 1 unspecified atom stereocenters. The molecule has 90 valence electrons. The van der Waals surface area contributed by atoms with E-state index >= 15 is 0 Å². The number of aromatic nitrogens is 1. The van der Waals surface area contributed by atoms with Gasteiger partial charge in [-0.05, 0) is 19.8 Å². The monoisotopic (exact) mass is 227 g/mol. The molecule has 1 rings (SSSR count). The molecule has 0 saturated carbocycles. The van der Waals surface area contributed by atoms with E-state index in [0.717, 1.165) is 6.42 Å². The van der Waals surface area contributed by atoms with Gasteiger partial charge in [-0.15, -0.1) is 0 Å². The van der Waals surface area contributed by atoms with E-state index < -0.39 is 0 Å². The average Bonchev–Trinajstić information content (AvgIpc) is 2.63. The van der Waals surface area contributed by atoms with Gasteiger partial charge in [0, 0.05) is 18.7 Å². The molecule has 2 amide bonds. The Labute approximate surface area is 94.0 Å². The summed E-state index contributed by atoms with van der Waals surface area (Å²) in [6.45, 7) is 3.75. The van der Waals surface area contributed by atoms with Gasteiger partial charge in [-0.2, -0.15) is 0 Å². The van der Waals surface area contributed by atoms with Gasteiger partial charge in [-0.1, -0.05) is 12.1 Å². The first-order valence-electron chi connectivity index (χ1n) is 5.27. The number of urea groups is 1. The van der Waals surface area contributed by atoms with E-state index in [1.807, 2.05) is 6.92 Å². The van der Waals surface area contributed by atoms with Crippen molar-refractivity contribution >= 4 is 11.8 Å². The molecule has 0 aromatic carbocycles. The van der Waals surface area contributed by atoms with Gasteiger partial charge in [0.15, 0.2) is 5.82 Å². The minimum absolute atomic E-state index is 0.0296. The van der Waals surface area contributed by atoms with Crippen LogP contribution in [0.25, 0.3) is 0 Å². The highest BCUT2D eigenvalue weighted by atomic mass is 16.5. The van der Waals surface area contributed by atoms with E-state index in [9.17, 15) is 4.79 Å². The molecule has 1 aromatic rings. The van der Waals surface area contributed by atoms with Gasteiger partial charge in [-0.3, -0.25) is 5.32 Å². The van der Waals surface area contributed by atoms with Gasteiger partial charge < -0.3 is 14.9 Å². The maximum absolute atomic E-state index is 11.5. The van der Waals surface area contributed by atoms with Crippen LogP contribution >= 0.6 is 0 Å². The van der Waals surface area contributed by atoms with Crippen LogP contribution in [0.3, 0.4) is 0 Å². The van der Waals surface area contributed by atoms with Crippen LogP contribution in [0, 0.1) is 6.92 Å². The van der Waals surface area contributed by atoms with Crippen LogP contribution in [0.15, 0.2) is 10.6 Å². The lowest BCUT2D eigenvalue weighted by molar-refractivity contribution is 0.237. The summed E-state index contributed by atoms with van der Waals surface area (Å²) in [5, 5.41) is 17.7. The number of aryl methyl sites for hydroxylation is 1. The van der Waals surface area contributed by atoms with Crippen molar-refractivity contribution < 1.29 is 14.4 Å². The Morgan fingerprint density at radius 3 is 2.94 bits per heavy atom. The average molecular weight is 227 g/mol. The van der Waals surface area contributed by atoms with Gasteiger partial charge in [-0.25, -0.2) is 4.79 Å². The fourth-order valence-electron chi connectivity index (χ4n) is 1.30. The van der Waals surface area contributed by atoms with Gasteiger partial charge in [0.05, 0.1) is 0 Å². The summed E-state index contributed by atoms with van der Waals surface area (Å²) in [7, 11) is 0. The predicted octanol–water partition coefficient (Wildman–Crippen LogP) is 1.27. The Kier molecular flexibility index (Phi) is 4.78. The quantitative estimate of drug-likeness (QED) is 0.706. The van der Waals surface area contributed by atoms with Crippen LogP contribution in [0.5, 0.6) is 0 Å². The number of nitrogens with zero attached hydrogens (tertiary/aromatic N) is 1. The maximum atomic E-state index is 11.5. The lowest BCUT2D eigenvalue weighted by Crippen LogP contribution is -2.38. The van der Waals surface area contributed by atoms with Crippen LogP contribution in [-0.4, -0.2) is 28.9 Å². The van der Waals surface area contributed by atoms with Crippen molar-refractivity contribution in [1.29, 1.82) is 0 Å². The molecule has 1 atom stereocenters. The number of hydrogen-bond donors (Lipinski definition) is 3. The predicted molar refractivity (Wildman–Crippen MR) is 59.2 cm³/mol. The van der Waals surface area contributed by atoms with E-state index in [-0.39, 0.29) is 18.7 Å². The lowest BCUT2D eigenvalue weighted by Gasteiger charge is -2.15. The first-order chi connectivity index (χ1) is 7.65. The number of aliphatic hydroxyl groups excluding tert-OH is 1. The minimum atomic E-state index is -0.339. The highest BCUT2D eigenvalue weighted by molar-refractivity contribution is 5.88.